The molecule has 1 fully saturated rings. The van der Waals surface area contributed by atoms with Crippen LogP contribution in [0.4, 0.5) is 5.82 Å². The van der Waals surface area contributed by atoms with Crippen molar-refractivity contribution in [3.63, 3.8) is 0 Å². The van der Waals surface area contributed by atoms with Gasteiger partial charge in [-0.2, -0.15) is 0 Å². The van der Waals surface area contributed by atoms with E-state index in [2.05, 4.69) is 55.2 Å². The number of rotatable bonds is 8. The Bertz CT molecular complexity index is 1420. The van der Waals surface area contributed by atoms with Crippen molar-refractivity contribution in [3.05, 3.63) is 73.8 Å². The maximum atomic E-state index is 13.8. The van der Waals surface area contributed by atoms with Gasteiger partial charge in [-0.25, -0.2) is 9.97 Å². The van der Waals surface area contributed by atoms with Crippen LogP contribution in [0.5, 0.6) is 0 Å². The van der Waals surface area contributed by atoms with Gasteiger partial charge in [-0.1, -0.05) is 38.4 Å². The van der Waals surface area contributed by atoms with E-state index < -0.39 is 14.4 Å². The molecule has 1 saturated carbocycles. The second-order valence-corrected chi connectivity index (χ2v) is 19.3. The normalized spacial score (nSPS) is 22.9. The predicted molar refractivity (Wildman–Crippen MR) is 167 cm³/mol. The number of aryl methyl sites for hydroxylation is 1. The topological polar surface area (TPSA) is 93.6 Å². The molecule has 3 aromatic rings. The molecule has 5 rings (SSSR count). The standard InChI is InChI=1S/C31H40ClN3O4SSi/c1-18-23(29-24-12-21(32)8-7-19(24)9-10-38-29)14-27(40-18)28(37)25-15-33-17-34-30(25)35-22-11-20(26(36)13-22)16-39-41(5,6)31(2,3)4/h7-8,12,14-15,17,20,22,26,29,36H,9-11,13,16H2,1-6H3,(H,33,34,35)/t20-,22-,26+,29+/m1/s1. The summed E-state index contributed by atoms with van der Waals surface area (Å²) in [6, 6.07) is 7.86. The molecule has 2 N–H and O–H groups in total. The maximum absolute atomic E-state index is 13.8. The molecule has 0 spiro atoms. The maximum Gasteiger partial charge on any atom is 0.208 e. The monoisotopic (exact) mass is 613 g/mol. The number of ether oxygens (including phenoxy) is 1. The Morgan fingerprint density at radius 2 is 2.02 bits per heavy atom. The van der Waals surface area contributed by atoms with E-state index in [0.29, 0.717) is 40.9 Å². The second-order valence-electron chi connectivity index (χ2n) is 12.8. The highest BCUT2D eigenvalue weighted by Gasteiger charge is 2.40. The molecule has 2 aliphatic rings. The third-order valence-corrected chi connectivity index (χ3v) is 14.7. The van der Waals surface area contributed by atoms with Gasteiger partial charge in [0.15, 0.2) is 8.32 Å². The number of hydrogen-bond donors (Lipinski definition) is 2. The van der Waals surface area contributed by atoms with Crippen LogP contribution in [0.3, 0.4) is 0 Å². The first-order chi connectivity index (χ1) is 19.3. The molecule has 7 nitrogen and oxygen atoms in total. The van der Waals surface area contributed by atoms with Crippen LogP contribution in [-0.2, 0) is 15.6 Å². The molecule has 41 heavy (non-hydrogen) atoms. The minimum absolute atomic E-state index is 0.0167. The van der Waals surface area contributed by atoms with Crippen LogP contribution < -0.4 is 5.32 Å². The third-order valence-electron chi connectivity index (χ3n) is 8.93. The highest BCUT2D eigenvalue weighted by atomic mass is 35.5. The Balaban J connectivity index is 1.31. The summed E-state index contributed by atoms with van der Waals surface area (Å²) in [5.74, 6) is 0.398. The number of nitrogens with zero attached hydrogens (tertiary/aromatic N) is 2. The summed E-state index contributed by atoms with van der Waals surface area (Å²) in [5, 5.41) is 15.0. The Morgan fingerprint density at radius 3 is 2.78 bits per heavy atom. The van der Waals surface area contributed by atoms with E-state index in [-0.39, 0.29) is 28.9 Å². The van der Waals surface area contributed by atoms with E-state index in [4.69, 9.17) is 20.8 Å². The number of aromatic nitrogens is 2. The fraction of sp³-hybridized carbons (Fsp3) is 0.516. The van der Waals surface area contributed by atoms with E-state index in [1.165, 1.54) is 23.2 Å². The molecule has 0 amide bonds. The summed E-state index contributed by atoms with van der Waals surface area (Å²) in [6.45, 7) is 14.3. The first-order valence-electron chi connectivity index (χ1n) is 14.3. The lowest BCUT2D eigenvalue weighted by molar-refractivity contribution is 0.0697. The van der Waals surface area contributed by atoms with E-state index in [1.807, 2.05) is 25.1 Å². The van der Waals surface area contributed by atoms with Crippen molar-refractivity contribution in [2.24, 2.45) is 5.92 Å². The zero-order valence-electron chi connectivity index (χ0n) is 24.7. The van der Waals surface area contributed by atoms with Crippen molar-refractivity contribution in [1.82, 2.24) is 9.97 Å². The molecule has 10 heteroatoms. The molecule has 0 unspecified atom stereocenters. The van der Waals surface area contributed by atoms with Crippen LogP contribution in [-0.4, -0.2) is 54.5 Å². The predicted octanol–water partition coefficient (Wildman–Crippen LogP) is 6.97. The number of fused-ring (bicyclic) bond motifs is 1. The Hall–Kier alpha value is -2.14. The molecule has 2 aromatic heterocycles. The van der Waals surface area contributed by atoms with E-state index >= 15 is 0 Å². The molecular weight excluding hydrogens is 574 g/mol. The highest BCUT2D eigenvalue weighted by molar-refractivity contribution is 7.14. The van der Waals surface area contributed by atoms with Crippen molar-refractivity contribution < 1.29 is 19.1 Å². The molecule has 1 aliphatic heterocycles. The van der Waals surface area contributed by atoms with Gasteiger partial charge in [0.25, 0.3) is 0 Å². The third kappa shape index (κ3) is 6.45. The van der Waals surface area contributed by atoms with Gasteiger partial charge in [0, 0.05) is 34.7 Å². The van der Waals surface area contributed by atoms with E-state index in [0.717, 1.165) is 28.8 Å². The molecular formula is C31H40ClN3O4SSi. The van der Waals surface area contributed by atoms with Crippen LogP contribution in [0.15, 0.2) is 36.8 Å². The first-order valence-corrected chi connectivity index (χ1v) is 18.4. The molecule has 0 bridgehead atoms. The van der Waals surface area contributed by atoms with Crippen LogP contribution in [0.2, 0.25) is 23.2 Å². The average Bonchev–Trinajstić information content (AvgIpc) is 3.47. The molecule has 0 saturated heterocycles. The van der Waals surface area contributed by atoms with Crippen molar-refractivity contribution in [1.29, 1.82) is 0 Å². The van der Waals surface area contributed by atoms with Crippen molar-refractivity contribution in [3.8, 4) is 0 Å². The summed E-state index contributed by atoms with van der Waals surface area (Å²) in [7, 11) is -1.91. The van der Waals surface area contributed by atoms with Crippen LogP contribution in [0, 0.1) is 12.8 Å². The smallest absolute Gasteiger partial charge is 0.208 e. The first kappa shape index (κ1) is 30.3. The van der Waals surface area contributed by atoms with Crippen LogP contribution >= 0.6 is 22.9 Å². The van der Waals surface area contributed by atoms with E-state index in [9.17, 15) is 9.90 Å². The number of ketones is 1. The fourth-order valence-electron chi connectivity index (χ4n) is 5.41. The zero-order chi connectivity index (χ0) is 29.5. The average molecular weight is 614 g/mol. The molecule has 0 radical (unpaired) electrons. The second kappa shape index (κ2) is 11.9. The van der Waals surface area contributed by atoms with Gasteiger partial charge >= 0.3 is 0 Å². The number of carbonyl (C=O) groups excluding carboxylic acids is 1. The van der Waals surface area contributed by atoms with Gasteiger partial charge in [0.2, 0.25) is 5.78 Å². The molecule has 1 aliphatic carbocycles. The number of halogens is 1. The zero-order valence-corrected chi connectivity index (χ0v) is 27.2. The summed E-state index contributed by atoms with van der Waals surface area (Å²) >= 11 is 7.77. The summed E-state index contributed by atoms with van der Waals surface area (Å²) in [5.41, 5.74) is 3.68. The number of nitrogens with one attached hydrogen (secondary N) is 1. The number of anilines is 1. The number of carbonyl (C=O) groups is 1. The summed E-state index contributed by atoms with van der Waals surface area (Å²) in [6.07, 6.45) is 4.46. The Labute approximate surface area is 252 Å². The van der Waals surface area contributed by atoms with Gasteiger partial charge in [-0.3, -0.25) is 4.79 Å². The number of aliphatic hydroxyl groups excluding tert-OH is 1. The number of hydrogen-bond acceptors (Lipinski definition) is 8. The van der Waals surface area contributed by atoms with Crippen molar-refractivity contribution >= 4 is 42.9 Å². The van der Waals surface area contributed by atoms with Crippen LogP contribution in [0.25, 0.3) is 0 Å². The van der Waals surface area contributed by atoms with Gasteiger partial charge in [-0.05, 0) is 79.2 Å². The molecule has 3 heterocycles. The van der Waals surface area contributed by atoms with Gasteiger partial charge in [0.1, 0.15) is 18.2 Å². The minimum atomic E-state index is -1.91. The summed E-state index contributed by atoms with van der Waals surface area (Å²) < 4.78 is 12.6. The Morgan fingerprint density at radius 1 is 1.24 bits per heavy atom. The number of thiophene rings is 1. The lowest BCUT2D eigenvalue weighted by atomic mass is 9.93. The van der Waals surface area contributed by atoms with Crippen molar-refractivity contribution in [2.45, 2.75) is 83.3 Å². The quantitative estimate of drug-likeness (QED) is 0.209. The van der Waals surface area contributed by atoms with Gasteiger partial charge < -0.3 is 19.6 Å². The molecule has 220 valence electrons. The van der Waals surface area contributed by atoms with E-state index in [1.54, 1.807) is 6.20 Å². The SMILES string of the molecule is Cc1sc(C(=O)c2cncnc2N[C@@H]2C[C@H](CO[Si](C)(C)C(C)(C)C)[C@@H](O)C2)cc1[C@@H]1OCCc2ccc(Cl)cc21. The highest BCUT2D eigenvalue weighted by Crippen LogP contribution is 2.40. The van der Waals surface area contributed by atoms with Crippen LogP contribution in [0.1, 0.15) is 76.5 Å². The van der Waals surface area contributed by atoms with Gasteiger partial charge in [-0.15, -0.1) is 11.3 Å². The fourth-order valence-corrected chi connectivity index (χ4v) is 7.65. The lowest BCUT2D eigenvalue weighted by Gasteiger charge is -2.37. The largest absolute Gasteiger partial charge is 0.416 e. The Kier molecular flexibility index (Phi) is 8.77. The molecule has 4 atom stereocenters. The lowest BCUT2D eigenvalue weighted by Crippen LogP contribution is -2.42. The van der Waals surface area contributed by atoms with Gasteiger partial charge in [0.05, 0.1) is 23.2 Å². The number of benzene rings is 1. The van der Waals surface area contributed by atoms with Crippen molar-refractivity contribution in [2.75, 3.05) is 18.5 Å². The molecule has 1 aromatic carbocycles. The number of aliphatic hydroxyl groups is 1. The summed E-state index contributed by atoms with van der Waals surface area (Å²) in [4.78, 5) is 24.0. The minimum Gasteiger partial charge on any atom is -0.416 e.